The molecule has 0 aliphatic rings. The maximum Gasteiger partial charge on any atom is 0.227 e. The van der Waals surface area contributed by atoms with Gasteiger partial charge in [0.05, 0.1) is 11.4 Å². The van der Waals surface area contributed by atoms with Gasteiger partial charge in [0.2, 0.25) is 11.9 Å². The summed E-state index contributed by atoms with van der Waals surface area (Å²) in [6.45, 7) is 0. The molecule has 7 nitrogen and oxygen atoms in total. The van der Waals surface area contributed by atoms with Crippen LogP contribution in [0.25, 0.3) is 22.5 Å². The van der Waals surface area contributed by atoms with Gasteiger partial charge in [-0.25, -0.2) is 19.9 Å². The van der Waals surface area contributed by atoms with Gasteiger partial charge in [-0.2, -0.15) is 0 Å². The molecule has 0 aliphatic carbocycles. The van der Waals surface area contributed by atoms with E-state index >= 15 is 0 Å². The molecule has 2 heterocycles. The zero-order valence-electron chi connectivity index (χ0n) is 22.0. The highest BCUT2D eigenvalue weighted by Gasteiger charge is 2.11. The van der Waals surface area contributed by atoms with Crippen LogP contribution in [0.1, 0.15) is 15.9 Å². The third-order valence-corrected chi connectivity index (χ3v) is 6.90. The van der Waals surface area contributed by atoms with Crippen molar-refractivity contribution >= 4 is 52.3 Å². The van der Waals surface area contributed by atoms with E-state index in [9.17, 15) is 4.79 Å². The van der Waals surface area contributed by atoms with Gasteiger partial charge < -0.3 is 10.6 Å². The Kier molecular flexibility index (Phi) is 7.85. The van der Waals surface area contributed by atoms with Gasteiger partial charge >= 0.3 is 0 Å². The number of rotatable bonds is 8. The molecule has 2 aromatic heterocycles. The monoisotopic (exact) mass is 588 g/mol. The number of carbonyl (C=O) groups excluding carboxylic acids is 1. The minimum absolute atomic E-state index is 0.0879. The third kappa shape index (κ3) is 6.44. The van der Waals surface area contributed by atoms with Crippen molar-refractivity contribution in [1.82, 2.24) is 19.9 Å². The largest absolute Gasteiger partial charge is 0.324 e. The van der Waals surface area contributed by atoms with Gasteiger partial charge in [0, 0.05) is 56.1 Å². The molecule has 0 saturated carbocycles. The summed E-state index contributed by atoms with van der Waals surface area (Å²) in [5, 5.41) is 7.72. The topological polar surface area (TPSA) is 92.7 Å². The number of anilines is 4. The molecule has 0 unspecified atom stereocenters. The molecular formula is C33H22Cl2N6O. The molecule has 0 fully saturated rings. The maximum atomic E-state index is 13.1. The highest BCUT2D eigenvalue weighted by molar-refractivity contribution is 6.30. The van der Waals surface area contributed by atoms with Gasteiger partial charge in [-0.15, -0.1) is 0 Å². The van der Waals surface area contributed by atoms with Crippen molar-refractivity contribution in [2.45, 2.75) is 0 Å². The van der Waals surface area contributed by atoms with Crippen LogP contribution in [0.4, 0.5) is 23.3 Å². The lowest BCUT2D eigenvalue weighted by Crippen LogP contribution is -2.03. The summed E-state index contributed by atoms with van der Waals surface area (Å²) in [5.74, 6) is 0.815. The number of nitrogens with zero attached hydrogens (tertiary/aromatic N) is 4. The normalized spacial score (nSPS) is 10.7. The fraction of sp³-hybridized carbons (Fsp3) is 0. The molecular weight excluding hydrogens is 567 g/mol. The van der Waals surface area contributed by atoms with Crippen LogP contribution in [-0.4, -0.2) is 25.7 Å². The molecule has 6 rings (SSSR count). The molecule has 4 aromatic carbocycles. The molecule has 0 radical (unpaired) electrons. The first kappa shape index (κ1) is 27.1. The van der Waals surface area contributed by atoms with E-state index in [2.05, 4.69) is 30.6 Å². The summed E-state index contributed by atoms with van der Waals surface area (Å²) < 4.78 is 0. The first-order valence-corrected chi connectivity index (χ1v) is 13.7. The standard InChI is InChI=1S/C33H22Cl2N6O/c34-25-9-1-21(2-10-25)29-17-19-36-32(40-29)38-27-13-5-23(6-14-27)31(42)24-7-15-28(16-8-24)39-33-37-20-18-30(41-33)22-3-11-26(35)12-4-22/h1-20H,(H,36,38,40)(H,37,39,41). The lowest BCUT2D eigenvalue weighted by Gasteiger charge is -2.09. The Morgan fingerprint density at radius 3 is 1.26 bits per heavy atom. The molecule has 0 spiro atoms. The summed E-state index contributed by atoms with van der Waals surface area (Å²) in [6.07, 6.45) is 3.39. The molecule has 9 heteroatoms. The quantitative estimate of drug-likeness (QED) is 0.172. The van der Waals surface area contributed by atoms with E-state index in [0.717, 1.165) is 33.9 Å². The highest BCUT2D eigenvalue weighted by Crippen LogP contribution is 2.24. The van der Waals surface area contributed by atoms with E-state index < -0.39 is 0 Å². The van der Waals surface area contributed by atoms with Crippen LogP contribution in [0.2, 0.25) is 10.0 Å². The van der Waals surface area contributed by atoms with E-state index in [-0.39, 0.29) is 5.78 Å². The van der Waals surface area contributed by atoms with E-state index in [0.29, 0.717) is 33.1 Å². The average molecular weight is 589 g/mol. The van der Waals surface area contributed by atoms with Crippen LogP contribution in [0, 0.1) is 0 Å². The molecule has 0 saturated heterocycles. The molecule has 6 aromatic rings. The van der Waals surface area contributed by atoms with E-state index in [1.807, 2.05) is 84.9 Å². The zero-order chi connectivity index (χ0) is 28.9. The summed E-state index contributed by atoms with van der Waals surface area (Å²) in [7, 11) is 0. The minimum atomic E-state index is -0.0879. The molecule has 2 N–H and O–H groups in total. The number of nitrogens with one attached hydrogen (secondary N) is 2. The van der Waals surface area contributed by atoms with Gasteiger partial charge in [-0.05, 0) is 84.9 Å². The molecule has 42 heavy (non-hydrogen) atoms. The predicted molar refractivity (Wildman–Crippen MR) is 168 cm³/mol. The fourth-order valence-corrected chi connectivity index (χ4v) is 4.49. The number of hydrogen-bond donors (Lipinski definition) is 2. The van der Waals surface area contributed by atoms with Crippen LogP contribution in [-0.2, 0) is 0 Å². The molecule has 0 aliphatic heterocycles. The lowest BCUT2D eigenvalue weighted by atomic mass is 10.0. The first-order chi connectivity index (χ1) is 20.5. The smallest absolute Gasteiger partial charge is 0.227 e. The molecule has 204 valence electrons. The number of hydrogen-bond acceptors (Lipinski definition) is 7. The van der Waals surface area contributed by atoms with Gasteiger partial charge in [0.15, 0.2) is 5.78 Å². The number of halogens is 2. The molecule has 0 bridgehead atoms. The maximum absolute atomic E-state index is 13.1. The van der Waals surface area contributed by atoms with Crippen molar-refractivity contribution in [3.63, 3.8) is 0 Å². The minimum Gasteiger partial charge on any atom is -0.324 e. The Balaban J connectivity index is 1.10. The van der Waals surface area contributed by atoms with Gasteiger partial charge in [-0.1, -0.05) is 47.5 Å². The Morgan fingerprint density at radius 1 is 0.500 bits per heavy atom. The van der Waals surface area contributed by atoms with Crippen molar-refractivity contribution < 1.29 is 4.79 Å². The van der Waals surface area contributed by atoms with E-state index in [4.69, 9.17) is 23.2 Å². The van der Waals surface area contributed by atoms with Crippen LogP contribution >= 0.6 is 23.2 Å². The Morgan fingerprint density at radius 2 is 0.881 bits per heavy atom. The SMILES string of the molecule is O=C(c1ccc(Nc2nccc(-c3ccc(Cl)cc3)n2)cc1)c1ccc(Nc2nccc(-c3ccc(Cl)cc3)n2)cc1. The van der Waals surface area contributed by atoms with Crippen LogP contribution in [0.15, 0.2) is 122 Å². The predicted octanol–water partition coefficient (Wildman–Crippen LogP) is 8.63. The first-order valence-electron chi connectivity index (χ1n) is 13.0. The Hall–Kier alpha value is -5.11. The summed E-state index contributed by atoms with van der Waals surface area (Å²) in [6, 6.07) is 33.0. The van der Waals surface area contributed by atoms with Crippen LogP contribution in [0.5, 0.6) is 0 Å². The van der Waals surface area contributed by atoms with Gasteiger partial charge in [-0.3, -0.25) is 4.79 Å². The second-order valence-corrected chi connectivity index (χ2v) is 10.2. The lowest BCUT2D eigenvalue weighted by molar-refractivity contribution is 0.103. The summed E-state index contributed by atoms with van der Waals surface area (Å²) in [5.41, 5.74) is 6.08. The second kappa shape index (κ2) is 12.2. The van der Waals surface area contributed by atoms with Crippen molar-refractivity contribution in [2.75, 3.05) is 10.6 Å². The number of aromatic nitrogens is 4. The summed E-state index contributed by atoms with van der Waals surface area (Å²) in [4.78, 5) is 30.9. The molecule has 0 amide bonds. The fourth-order valence-electron chi connectivity index (χ4n) is 4.24. The number of benzene rings is 4. The molecule has 0 atom stereocenters. The van der Waals surface area contributed by atoms with Gasteiger partial charge in [0.1, 0.15) is 0 Å². The van der Waals surface area contributed by atoms with Crippen molar-refractivity contribution in [3.05, 3.63) is 143 Å². The van der Waals surface area contributed by atoms with Crippen LogP contribution < -0.4 is 10.6 Å². The van der Waals surface area contributed by atoms with E-state index in [1.165, 1.54) is 0 Å². The van der Waals surface area contributed by atoms with Crippen molar-refractivity contribution in [1.29, 1.82) is 0 Å². The van der Waals surface area contributed by atoms with Crippen molar-refractivity contribution in [2.24, 2.45) is 0 Å². The number of ketones is 1. The second-order valence-electron chi connectivity index (χ2n) is 9.28. The van der Waals surface area contributed by atoms with Crippen LogP contribution in [0.3, 0.4) is 0 Å². The van der Waals surface area contributed by atoms with E-state index in [1.54, 1.807) is 36.7 Å². The third-order valence-electron chi connectivity index (χ3n) is 6.40. The average Bonchev–Trinajstić information content (AvgIpc) is 3.02. The van der Waals surface area contributed by atoms with Crippen molar-refractivity contribution in [3.8, 4) is 22.5 Å². The highest BCUT2D eigenvalue weighted by atomic mass is 35.5. The zero-order valence-corrected chi connectivity index (χ0v) is 23.5. The Labute approximate surface area is 252 Å². The summed E-state index contributed by atoms with van der Waals surface area (Å²) >= 11 is 12.0. The Bertz CT molecular complexity index is 1710. The van der Waals surface area contributed by atoms with Gasteiger partial charge in [0.25, 0.3) is 0 Å². The number of carbonyl (C=O) groups is 1.